The van der Waals surface area contributed by atoms with Crippen molar-refractivity contribution in [3.05, 3.63) is 24.3 Å². The first-order chi connectivity index (χ1) is 9.05. The largest absolute Gasteiger partial charge is 0.508 e. The zero-order chi connectivity index (χ0) is 13.9. The Morgan fingerprint density at radius 1 is 1.26 bits per heavy atom. The number of phenols is 1. The molecule has 0 saturated carbocycles. The van der Waals surface area contributed by atoms with Gasteiger partial charge in [-0.25, -0.2) is 8.42 Å². The average Bonchev–Trinajstić information content (AvgIpc) is 2.86. The van der Waals surface area contributed by atoms with Gasteiger partial charge in [0.1, 0.15) is 5.75 Å². The Morgan fingerprint density at radius 2 is 1.95 bits per heavy atom. The number of phenolic OH excluding ortho intramolecular Hbond substituents is 1. The zero-order valence-corrected chi connectivity index (χ0v) is 11.5. The molecule has 1 aliphatic heterocycles. The van der Waals surface area contributed by atoms with Crippen molar-refractivity contribution >= 4 is 10.0 Å². The Bertz CT molecular complexity index is 512. The molecule has 0 aromatic heterocycles. The second kappa shape index (κ2) is 5.90. The van der Waals surface area contributed by atoms with Crippen LogP contribution < -0.4 is 0 Å². The van der Waals surface area contributed by atoms with E-state index in [1.54, 1.807) is 0 Å². The molecule has 0 bridgehead atoms. The number of aromatic hydroxyl groups is 1. The molecule has 1 fully saturated rings. The second-order valence-corrected chi connectivity index (χ2v) is 6.66. The fraction of sp³-hybridized carbons (Fsp3) is 0.538. The highest BCUT2D eigenvalue weighted by atomic mass is 32.2. The Morgan fingerprint density at radius 3 is 2.58 bits per heavy atom. The van der Waals surface area contributed by atoms with Crippen LogP contribution >= 0.6 is 0 Å². The van der Waals surface area contributed by atoms with E-state index in [9.17, 15) is 13.5 Å². The molecule has 2 N–H and O–H groups in total. The highest BCUT2D eigenvalue weighted by molar-refractivity contribution is 7.89. The minimum absolute atomic E-state index is 0.0223. The maximum absolute atomic E-state index is 12.5. The van der Waals surface area contributed by atoms with Crippen LogP contribution in [0.3, 0.4) is 0 Å². The van der Waals surface area contributed by atoms with Crippen LogP contribution in [-0.4, -0.2) is 42.1 Å². The van der Waals surface area contributed by atoms with Crippen LogP contribution in [-0.2, 0) is 10.0 Å². The zero-order valence-electron chi connectivity index (χ0n) is 10.7. The molecule has 1 heterocycles. The number of sulfonamides is 1. The van der Waals surface area contributed by atoms with E-state index < -0.39 is 10.0 Å². The van der Waals surface area contributed by atoms with Crippen molar-refractivity contribution in [1.82, 2.24) is 4.31 Å². The number of hydrogen-bond donors (Lipinski definition) is 2. The minimum Gasteiger partial charge on any atom is -0.508 e. The minimum atomic E-state index is -3.49. The van der Waals surface area contributed by atoms with E-state index in [0.717, 1.165) is 12.8 Å². The van der Waals surface area contributed by atoms with Crippen molar-refractivity contribution in [3.63, 3.8) is 0 Å². The summed E-state index contributed by atoms with van der Waals surface area (Å²) in [7, 11) is -3.49. The summed E-state index contributed by atoms with van der Waals surface area (Å²) in [6.45, 7) is 0.614. The van der Waals surface area contributed by atoms with Crippen molar-refractivity contribution in [2.75, 3.05) is 13.2 Å². The van der Waals surface area contributed by atoms with E-state index in [0.29, 0.717) is 19.4 Å². The summed E-state index contributed by atoms with van der Waals surface area (Å²) in [6, 6.07) is 5.58. The molecular weight excluding hydrogens is 266 g/mol. The number of hydrogen-bond acceptors (Lipinski definition) is 4. The number of aliphatic hydroxyl groups excluding tert-OH is 1. The summed E-state index contributed by atoms with van der Waals surface area (Å²) < 4.78 is 26.5. The van der Waals surface area contributed by atoms with Gasteiger partial charge in [-0.05, 0) is 49.9 Å². The van der Waals surface area contributed by atoms with Crippen LogP contribution in [0, 0.1) is 0 Å². The number of rotatable bonds is 5. The van der Waals surface area contributed by atoms with Gasteiger partial charge in [-0.15, -0.1) is 0 Å². The van der Waals surface area contributed by atoms with Crippen molar-refractivity contribution in [3.8, 4) is 5.75 Å². The lowest BCUT2D eigenvalue weighted by molar-refractivity contribution is 0.264. The number of benzene rings is 1. The molecule has 6 heteroatoms. The molecule has 1 saturated heterocycles. The topological polar surface area (TPSA) is 77.8 Å². The molecule has 1 unspecified atom stereocenters. The molecule has 19 heavy (non-hydrogen) atoms. The monoisotopic (exact) mass is 285 g/mol. The maximum Gasteiger partial charge on any atom is 0.243 e. The lowest BCUT2D eigenvalue weighted by atomic mass is 10.1. The predicted octanol–water partition coefficient (Wildman–Crippen LogP) is 1.32. The summed E-state index contributed by atoms with van der Waals surface area (Å²) in [6.07, 6.45) is 3.00. The third-order valence-corrected chi connectivity index (χ3v) is 5.43. The summed E-state index contributed by atoms with van der Waals surface area (Å²) in [5.74, 6) is 0.0530. The van der Waals surface area contributed by atoms with Crippen molar-refractivity contribution in [2.45, 2.75) is 36.6 Å². The normalized spacial score (nSPS) is 20.8. The van der Waals surface area contributed by atoms with E-state index in [2.05, 4.69) is 0 Å². The van der Waals surface area contributed by atoms with E-state index in [4.69, 9.17) is 5.11 Å². The lowest BCUT2D eigenvalue weighted by Crippen LogP contribution is -2.35. The van der Waals surface area contributed by atoms with Gasteiger partial charge >= 0.3 is 0 Å². The lowest BCUT2D eigenvalue weighted by Gasteiger charge is -2.23. The van der Waals surface area contributed by atoms with E-state index in [-0.39, 0.29) is 23.3 Å². The van der Waals surface area contributed by atoms with Gasteiger partial charge in [0.15, 0.2) is 0 Å². The third-order valence-electron chi connectivity index (χ3n) is 3.46. The predicted molar refractivity (Wildman–Crippen MR) is 71.3 cm³/mol. The summed E-state index contributed by atoms with van der Waals surface area (Å²) in [4.78, 5) is 0.209. The summed E-state index contributed by atoms with van der Waals surface area (Å²) in [5.41, 5.74) is 0. The molecule has 0 aliphatic carbocycles. The third kappa shape index (κ3) is 3.08. The van der Waals surface area contributed by atoms with Crippen molar-refractivity contribution < 1.29 is 18.6 Å². The molecule has 2 rings (SSSR count). The van der Waals surface area contributed by atoms with Crippen LogP contribution in [0.1, 0.15) is 25.7 Å². The first-order valence-corrected chi connectivity index (χ1v) is 7.91. The molecule has 1 aromatic rings. The average molecular weight is 285 g/mol. The summed E-state index contributed by atoms with van der Waals surface area (Å²) in [5, 5.41) is 18.1. The first kappa shape index (κ1) is 14.3. The molecule has 0 radical (unpaired) electrons. The quantitative estimate of drug-likeness (QED) is 0.855. The van der Waals surface area contributed by atoms with Gasteiger partial charge in [-0.1, -0.05) is 0 Å². The second-order valence-electron chi connectivity index (χ2n) is 4.77. The van der Waals surface area contributed by atoms with Crippen LogP contribution in [0.15, 0.2) is 29.2 Å². The molecule has 5 nitrogen and oxygen atoms in total. The highest BCUT2D eigenvalue weighted by Gasteiger charge is 2.34. The van der Waals surface area contributed by atoms with E-state index in [1.807, 2.05) is 0 Å². The van der Waals surface area contributed by atoms with Gasteiger partial charge in [0, 0.05) is 19.2 Å². The smallest absolute Gasteiger partial charge is 0.243 e. The number of aliphatic hydroxyl groups is 1. The van der Waals surface area contributed by atoms with Gasteiger partial charge in [0.25, 0.3) is 0 Å². The van der Waals surface area contributed by atoms with Crippen LogP contribution in [0.2, 0.25) is 0 Å². The number of nitrogens with zero attached hydrogens (tertiary/aromatic N) is 1. The SMILES string of the molecule is O=S(=O)(c1ccc(O)cc1)N1CCCC1CCCO. The van der Waals surface area contributed by atoms with Crippen LogP contribution in [0.5, 0.6) is 5.75 Å². The van der Waals surface area contributed by atoms with Gasteiger partial charge < -0.3 is 10.2 Å². The Hall–Kier alpha value is -1.11. The first-order valence-electron chi connectivity index (χ1n) is 6.47. The molecule has 0 amide bonds. The fourth-order valence-corrected chi connectivity index (χ4v) is 4.22. The van der Waals surface area contributed by atoms with E-state index >= 15 is 0 Å². The highest BCUT2D eigenvalue weighted by Crippen LogP contribution is 2.29. The molecule has 1 atom stereocenters. The van der Waals surface area contributed by atoms with Gasteiger partial charge in [-0.3, -0.25) is 0 Å². The molecule has 1 aromatic carbocycles. The van der Waals surface area contributed by atoms with Gasteiger partial charge in [0.05, 0.1) is 4.90 Å². The molecular formula is C13H19NO4S. The van der Waals surface area contributed by atoms with Crippen molar-refractivity contribution in [1.29, 1.82) is 0 Å². The summed E-state index contributed by atoms with van der Waals surface area (Å²) >= 11 is 0. The Kier molecular flexibility index (Phi) is 4.44. The standard InChI is InChI=1S/C13H19NO4S/c15-10-2-4-11-3-1-9-14(11)19(17,18)13-7-5-12(16)6-8-13/h5-8,11,15-16H,1-4,9-10H2. The molecule has 106 valence electrons. The fourth-order valence-electron chi connectivity index (χ4n) is 2.49. The van der Waals surface area contributed by atoms with Gasteiger partial charge in [0.2, 0.25) is 10.0 Å². The van der Waals surface area contributed by atoms with Crippen molar-refractivity contribution in [2.24, 2.45) is 0 Å². The van der Waals surface area contributed by atoms with Crippen LogP contribution in [0.25, 0.3) is 0 Å². The molecule has 1 aliphatic rings. The Labute approximate surface area is 113 Å². The van der Waals surface area contributed by atoms with Gasteiger partial charge in [-0.2, -0.15) is 4.31 Å². The maximum atomic E-state index is 12.5. The molecule has 0 spiro atoms. The van der Waals surface area contributed by atoms with E-state index in [1.165, 1.54) is 28.6 Å². The van der Waals surface area contributed by atoms with Crippen LogP contribution in [0.4, 0.5) is 0 Å². The Balaban J connectivity index is 2.21.